The normalized spacial score (nSPS) is 8.25. The Labute approximate surface area is 48.7 Å². The first-order chi connectivity index (χ1) is 3.91. The first kappa shape index (κ1) is 6.72. The van der Waals surface area contributed by atoms with Gasteiger partial charge in [0.05, 0.1) is 25.0 Å². The second-order valence-electron chi connectivity index (χ2n) is 1.20. The topological polar surface area (TPSA) is 47.6 Å². The van der Waals surface area contributed by atoms with Gasteiger partial charge in [0.2, 0.25) is 0 Å². The van der Waals surface area contributed by atoms with Crippen LogP contribution >= 0.6 is 0 Å². The third-order valence-electron chi connectivity index (χ3n) is 0.585. The Morgan fingerprint density at radius 1 is 1.00 bits per heavy atom. The molecule has 0 aliphatic rings. The van der Waals surface area contributed by atoms with E-state index in [1.165, 1.54) is 0 Å². The molecule has 0 N–H and O–H groups in total. The van der Waals surface area contributed by atoms with E-state index in [-0.39, 0.29) is 0 Å². The van der Waals surface area contributed by atoms with Crippen molar-refractivity contribution in [2.24, 2.45) is 0 Å². The lowest BCUT2D eigenvalue weighted by Gasteiger charge is -1.69. The van der Waals surface area contributed by atoms with Crippen LogP contribution in [0.1, 0.15) is 12.8 Å². The number of rotatable bonds is 2. The van der Waals surface area contributed by atoms with Gasteiger partial charge in [0, 0.05) is 0 Å². The fourth-order valence-corrected chi connectivity index (χ4v) is 0.272. The molecule has 0 aromatic rings. The lowest BCUT2D eigenvalue weighted by Crippen LogP contribution is -1.57. The molecule has 0 saturated heterocycles. The van der Waals surface area contributed by atoms with Crippen molar-refractivity contribution >= 4 is 0 Å². The summed E-state index contributed by atoms with van der Waals surface area (Å²) >= 11 is 0. The van der Waals surface area contributed by atoms with Gasteiger partial charge < -0.3 is 0 Å². The maximum atomic E-state index is 7.98. The molecule has 0 amide bonds. The van der Waals surface area contributed by atoms with Gasteiger partial charge in [-0.1, -0.05) is 12.2 Å². The summed E-state index contributed by atoms with van der Waals surface area (Å²) in [4.78, 5) is 0. The molecule has 8 heavy (non-hydrogen) atoms. The summed E-state index contributed by atoms with van der Waals surface area (Å²) in [5.74, 6) is 0. The minimum absolute atomic E-state index is 0.404. The monoisotopic (exact) mass is 106 g/mol. The Kier molecular flexibility index (Phi) is 4.80. The predicted octanol–water partition coefficient (Wildman–Crippen LogP) is 1.37. The van der Waals surface area contributed by atoms with Crippen molar-refractivity contribution in [3.8, 4) is 12.1 Å². The molecule has 0 bridgehead atoms. The van der Waals surface area contributed by atoms with Crippen LogP contribution in [-0.4, -0.2) is 0 Å². The molecule has 2 heteroatoms. The van der Waals surface area contributed by atoms with E-state index in [4.69, 9.17) is 10.5 Å². The largest absolute Gasteiger partial charge is 0.198 e. The molecule has 0 aliphatic heterocycles. The van der Waals surface area contributed by atoms with Crippen LogP contribution in [0.5, 0.6) is 0 Å². The molecule has 0 rings (SSSR count). The van der Waals surface area contributed by atoms with E-state index in [0.717, 1.165) is 0 Å². The summed E-state index contributed by atoms with van der Waals surface area (Å²) in [5.41, 5.74) is 0. The Morgan fingerprint density at radius 2 is 1.38 bits per heavy atom. The molecule has 0 spiro atoms. The minimum atomic E-state index is 0.404. The second kappa shape index (κ2) is 5.72. The van der Waals surface area contributed by atoms with Crippen molar-refractivity contribution < 1.29 is 0 Å². The molecule has 40 valence electrons. The zero-order valence-corrected chi connectivity index (χ0v) is 4.46. The highest BCUT2D eigenvalue weighted by Gasteiger charge is 1.69. The standard InChI is InChI=1S/C6H6N2/c7-5-3-1-2-4-6-8/h1-2H,3-4H2/b2-1-. The summed E-state index contributed by atoms with van der Waals surface area (Å²) in [6.07, 6.45) is 4.18. The van der Waals surface area contributed by atoms with Crippen LogP contribution in [-0.2, 0) is 0 Å². The molecular weight excluding hydrogens is 100 g/mol. The summed E-state index contributed by atoms with van der Waals surface area (Å²) in [5, 5.41) is 16.0. The van der Waals surface area contributed by atoms with Crippen LogP contribution in [0.3, 0.4) is 0 Å². The molecule has 0 radical (unpaired) electrons. The summed E-state index contributed by atoms with van der Waals surface area (Å²) in [7, 11) is 0. The summed E-state index contributed by atoms with van der Waals surface area (Å²) in [6.45, 7) is 0. The van der Waals surface area contributed by atoms with Crippen molar-refractivity contribution in [2.75, 3.05) is 0 Å². The fourth-order valence-electron chi connectivity index (χ4n) is 0.272. The van der Waals surface area contributed by atoms with Crippen molar-refractivity contribution in [1.29, 1.82) is 10.5 Å². The molecule has 0 saturated carbocycles. The highest BCUT2D eigenvalue weighted by Crippen LogP contribution is 1.82. The quantitative estimate of drug-likeness (QED) is 0.499. The van der Waals surface area contributed by atoms with Crippen LogP contribution in [0.25, 0.3) is 0 Å². The van der Waals surface area contributed by atoms with Gasteiger partial charge in [-0.15, -0.1) is 0 Å². The molecule has 0 aromatic carbocycles. The molecule has 0 aliphatic carbocycles. The third kappa shape index (κ3) is 4.72. The Hall–Kier alpha value is -1.28. The molecule has 0 heterocycles. The molecular formula is C6H6N2. The van der Waals surface area contributed by atoms with Gasteiger partial charge >= 0.3 is 0 Å². The number of nitriles is 2. The zero-order valence-electron chi connectivity index (χ0n) is 4.46. The SMILES string of the molecule is N#CC/C=C\CC#N. The van der Waals surface area contributed by atoms with E-state index < -0.39 is 0 Å². The lowest BCUT2D eigenvalue weighted by molar-refractivity contribution is 1.29. The number of allylic oxidation sites excluding steroid dienone is 2. The van der Waals surface area contributed by atoms with Crippen LogP contribution in [0.4, 0.5) is 0 Å². The maximum absolute atomic E-state index is 7.98. The van der Waals surface area contributed by atoms with E-state index >= 15 is 0 Å². The average Bonchev–Trinajstić information content (AvgIpc) is 1.81. The Bertz CT molecular complexity index is 127. The van der Waals surface area contributed by atoms with Crippen LogP contribution in [0, 0.1) is 22.7 Å². The zero-order chi connectivity index (χ0) is 6.24. The highest BCUT2D eigenvalue weighted by atomic mass is 14.2. The average molecular weight is 106 g/mol. The Balaban J connectivity index is 3.14. The fraction of sp³-hybridized carbons (Fsp3) is 0.333. The Morgan fingerprint density at radius 3 is 1.62 bits per heavy atom. The van der Waals surface area contributed by atoms with Crippen LogP contribution in [0.15, 0.2) is 12.2 Å². The second-order valence-corrected chi connectivity index (χ2v) is 1.20. The van der Waals surface area contributed by atoms with Gasteiger partial charge in [0.25, 0.3) is 0 Å². The van der Waals surface area contributed by atoms with Crippen molar-refractivity contribution in [2.45, 2.75) is 12.8 Å². The highest BCUT2D eigenvalue weighted by molar-refractivity contribution is 4.95. The minimum Gasteiger partial charge on any atom is -0.198 e. The van der Waals surface area contributed by atoms with E-state index in [9.17, 15) is 0 Å². The number of nitrogens with zero attached hydrogens (tertiary/aromatic N) is 2. The molecule has 0 unspecified atom stereocenters. The van der Waals surface area contributed by atoms with Crippen molar-refractivity contribution in [3.63, 3.8) is 0 Å². The van der Waals surface area contributed by atoms with Gasteiger partial charge in [-0.2, -0.15) is 10.5 Å². The van der Waals surface area contributed by atoms with Crippen LogP contribution in [0.2, 0.25) is 0 Å². The van der Waals surface area contributed by atoms with E-state index in [2.05, 4.69) is 0 Å². The first-order valence-corrected chi connectivity index (χ1v) is 2.30. The number of hydrogen-bond donors (Lipinski definition) is 0. The lowest BCUT2D eigenvalue weighted by atomic mass is 10.3. The summed E-state index contributed by atoms with van der Waals surface area (Å²) < 4.78 is 0. The van der Waals surface area contributed by atoms with E-state index in [0.29, 0.717) is 12.8 Å². The van der Waals surface area contributed by atoms with Crippen molar-refractivity contribution in [3.05, 3.63) is 12.2 Å². The van der Waals surface area contributed by atoms with Crippen molar-refractivity contribution in [1.82, 2.24) is 0 Å². The molecule has 0 fully saturated rings. The molecule has 0 atom stereocenters. The third-order valence-corrected chi connectivity index (χ3v) is 0.585. The van der Waals surface area contributed by atoms with Gasteiger partial charge in [-0.05, 0) is 0 Å². The van der Waals surface area contributed by atoms with Gasteiger partial charge in [0.15, 0.2) is 0 Å². The number of hydrogen-bond acceptors (Lipinski definition) is 2. The smallest absolute Gasteiger partial charge is 0.0663 e. The van der Waals surface area contributed by atoms with Gasteiger partial charge in [-0.3, -0.25) is 0 Å². The first-order valence-electron chi connectivity index (χ1n) is 2.30. The van der Waals surface area contributed by atoms with E-state index in [1.54, 1.807) is 12.2 Å². The van der Waals surface area contributed by atoms with Gasteiger partial charge in [-0.25, -0.2) is 0 Å². The predicted molar refractivity (Wildman–Crippen MR) is 29.6 cm³/mol. The molecule has 0 aromatic heterocycles. The summed E-state index contributed by atoms with van der Waals surface area (Å²) in [6, 6.07) is 3.86. The maximum Gasteiger partial charge on any atom is 0.0663 e. The van der Waals surface area contributed by atoms with E-state index in [1.807, 2.05) is 12.1 Å². The van der Waals surface area contributed by atoms with Crippen LogP contribution < -0.4 is 0 Å². The van der Waals surface area contributed by atoms with Gasteiger partial charge in [0.1, 0.15) is 0 Å². The molecule has 2 nitrogen and oxygen atoms in total.